The second-order valence-electron chi connectivity index (χ2n) is 9.08. The van der Waals surface area contributed by atoms with Crippen LogP contribution in [0, 0.1) is 0 Å². The molecule has 2 aromatic rings. The van der Waals surface area contributed by atoms with Crippen molar-refractivity contribution in [3.8, 4) is 0 Å². The van der Waals surface area contributed by atoms with Gasteiger partial charge >= 0.3 is 0 Å². The van der Waals surface area contributed by atoms with Crippen LogP contribution in [0.4, 0.5) is 0 Å². The van der Waals surface area contributed by atoms with Crippen LogP contribution in [0.2, 0.25) is 0 Å². The van der Waals surface area contributed by atoms with Gasteiger partial charge in [0.2, 0.25) is 20.0 Å². The van der Waals surface area contributed by atoms with Gasteiger partial charge in [-0.05, 0) is 38.1 Å². The number of benzene rings is 2. The Kier molecular flexibility index (Phi) is 5.85. The molecule has 0 saturated carbocycles. The fraction of sp³-hybridized carbons (Fsp3) is 0.455. The highest BCUT2D eigenvalue weighted by atomic mass is 32.2. The second-order valence-corrected chi connectivity index (χ2v) is 12.6. The summed E-state index contributed by atoms with van der Waals surface area (Å²) in [5.74, 6) is 0. The lowest BCUT2D eigenvalue weighted by Crippen LogP contribution is -2.51. The minimum atomic E-state index is -3.74. The zero-order valence-corrected chi connectivity index (χ0v) is 20.4. The summed E-state index contributed by atoms with van der Waals surface area (Å²) in [6.45, 7) is 3.77. The van der Waals surface area contributed by atoms with Gasteiger partial charge in [0.05, 0.1) is 16.4 Å². The van der Waals surface area contributed by atoms with Crippen molar-refractivity contribution < 1.29 is 31.0 Å². The zero-order valence-electron chi connectivity index (χ0n) is 18.7. The molecule has 0 radical (unpaired) electrons. The van der Waals surface area contributed by atoms with Gasteiger partial charge in [-0.25, -0.2) is 31.2 Å². The van der Waals surface area contributed by atoms with Gasteiger partial charge in [-0.15, -0.1) is 0 Å². The van der Waals surface area contributed by atoms with E-state index in [1.54, 1.807) is 50.2 Å². The van der Waals surface area contributed by atoms with Crippen molar-refractivity contribution >= 4 is 20.0 Å². The van der Waals surface area contributed by atoms with E-state index in [4.69, 9.17) is 14.2 Å². The SMILES string of the molecule is C[C@]1(CNS(=O)(=O)c2ccccc2)O[C@H]2CO[C@@H]3N2[C@H]1O[C@]3(C)CNS(=O)(=O)c1ccccc1. The molecule has 0 spiro atoms. The second kappa shape index (κ2) is 8.35. The molecule has 2 aromatic carbocycles. The van der Waals surface area contributed by atoms with Crippen molar-refractivity contribution in [2.75, 3.05) is 19.7 Å². The number of nitrogens with zero attached hydrogens (tertiary/aromatic N) is 1. The van der Waals surface area contributed by atoms with Crippen LogP contribution in [0.1, 0.15) is 13.8 Å². The molecule has 10 nitrogen and oxygen atoms in total. The van der Waals surface area contributed by atoms with Crippen molar-refractivity contribution in [3.05, 3.63) is 60.7 Å². The van der Waals surface area contributed by atoms with E-state index in [2.05, 4.69) is 9.44 Å². The predicted molar refractivity (Wildman–Crippen MR) is 121 cm³/mol. The van der Waals surface area contributed by atoms with Gasteiger partial charge in [0.25, 0.3) is 0 Å². The first-order valence-corrected chi connectivity index (χ1v) is 13.8. The van der Waals surface area contributed by atoms with Crippen LogP contribution in [0.15, 0.2) is 70.5 Å². The summed E-state index contributed by atoms with van der Waals surface area (Å²) in [7, 11) is -7.49. The van der Waals surface area contributed by atoms with E-state index in [1.807, 2.05) is 4.90 Å². The Bertz CT molecular complexity index is 1190. The molecule has 0 amide bonds. The molecule has 0 aromatic heterocycles. The predicted octanol–water partition coefficient (Wildman–Crippen LogP) is 0.832. The van der Waals surface area contributed by atoms with Crippen LogP contribution in [0.3, 0.4) is 0 Å². The third kappa shape index (κ3) is 4.07. The van der Waals surface area contributed by atoms with E-state index in [0.717, 1.165) is 0 Å². The Balaban J connectivity index is 1.32. The molecule has 5 rings (SSSR count). The van der Waals surface area contributed by atoms with E-state index >= 15 is 0 Å². The number of ether oxygens (including phenoxy) is 3. The minimum absolute atomic E-state index is 0.0273. The quantitative estimate of drug-likeness (QED) is 0.537. The van der Waals surface area contributed by atoms with Crippen molar-refractivity contribution in [1.29, 1.82) is 0 Å². The molecule has 34 heavy (non-hydrogen) atoms. The zero-order chi connectivity index (χ0) is 24.2. The van der Waals surface area contributed by atoms with Gasteiger partial charge in [-0.1, -0.05) is 36.4 Å². The van der Waals surface area contributed by atoms with Gasteiger partial charge in [0, 0.05) is 13.1 Å². The maximum Gasteiger partial charge on any atom is 0.240 e. The molecule has 3 aliphatic rings. The lowest BCUT2D eigenvalue weighted by Gasteiger charge is -2.32. The summed E-state index contributed by atoms with van der Waals surface area (Å²) in [5.41, 5.74) is -2.02. The first kappa shape index (κ1) is 23.8. The van der Waals surface area contributed by atoms with Crippen molar-refractivity contribution in [2.45, 2.75) is 53.5 Å². The Morgan fingerprint density at radius 3 is 1.76 bits per heavy atom. The van der Waals surface area contributed by atoms with E-state index < -0.39 is 49.9 Å². The lowest BCUT2D eigenvalue weighted by atomic mass is 10.1. The molecule has 12 heteroatoms. The molecule has 3 saturated heterocycles. The van der Waals surface area contributed by atoms with Gasteiger partial charge in [-0.2, -0.15) is 0 Å². The summed E-state index contributed by atoms with van der Waals surface area (Å²) < 4.78 is 74.6. The molecule has 3 heterocycles. The maximum absolute atomic E-state index is 12.7. The molecule has 0 bridgehead atoms. The van der Waals surface area contributed by atoms with E-state index in [1.165, 1.54) is 24.3 Å². The van der Waals surface area contributed by atoms with Crippen LogP contribution < -0.4 is 9.44 Å². The van der Waals surface area contributed by atoms with Crippen LogP contribution >= 0.6 is 0 Å². The molecule has 184 valence electrons. The smallest absolute Gasteiger partial charge is 0.240 e. The third-order valence-electron chi connectivity index (χ3n) is 6.44. The highest BCUT2D eigenvalue weighted by Gasteiger charge is 2.67. The molecular weight excluding hydrogens is 482 g/mol. The van der Waals surface area contributed by atoms with Crippen LogP contribution in [0.5, 0.6) is 0 Å². The van der Waals surface area contributed by atoms with Crippen LogP contribution in [-0.4, -0.2) is 71.3 Å². The fourth-order valence-corrected chi connectivity index (χ4v) is 6.96. The van der Waals surface area contributed by atoms with Gasteiger partial charge < -0.3 is 14.2 Å². The largest absolute Gasteiger partial charge is 0.356 e. The van der Waals surface area contributed by atoms with E-state index in [-0.39, 0.29) is 29.5 Å². The minimum Gasteiger partial charge on any atom is -0.356 e. The maximum atomic E-state index is 12.7. The Labute approximate surface area is 199 Å². The number of nitrogens with one attached hydrogen (secondary N) is 2. The molecule has 2 N–H and O–H groups in total. The molecule has 0 aliphatic carbocycles. The summed E-state index contributed by atoms with van der Waals surface area (Å²) in [6, 6.07) is 16.2. The standard InChI is InChI=1S/C22H27N3O7S2/c1-21(14-23-33(26,27)16-9-5-3-6-10-16)19-25-18(13-30-19)31-22(2,20(25)32-21)15-24-34(28,29)17-11-7-4-8-12-17/h3-12,18-20,23-24H,13-15H2,1-2H3/t18-,19-,20-,21+,22+/m0/s1. The van der Waals surface area contributed by atoms with Crippen molar-refractivity contribution in [1.82, 2.24) is 14.3 Å². The Morgan fingerprint density at radius 2 is 1.26 bits per heavy atom. The van der Waals surface area contributed by atoms with Crippen LogP contribution in [-0.2, 0) is 34.3 Å². The third-order valence-corrected chi connectivity index (χ3v) is 9.27. The lowest BCUT2D eigenvalue weighted by molar-refractivity contribution is -0.125. The molecule has 3 aliphatic heterocycles. The molecule has 0 unspecified atom stereocenters. The molecule has 3 fully saturated rings. The fourth-order valence-electron chi connectivity index (χ4n) is 4.64. The topological polar surface area (TPSA) is 123 Å². The van der Waals surface area contributed by atoms with Gasteiger partial charge in [-0.3, -0.25) is 0 Å². The number of rotatable bonds is 8. The summed E-state index contributed by atoms with van der Waals surface area (Å²) in [5, 5.41) is 0. The van der Waals surface area contributed by atoms with Crippen LogP contribution in [0.25, 0.3) is 0 Å². The summed E-state index contributed by atoms with van der Waals surface area (Å²) in [6.07, 6.45) is -1.60. The highest BCUT2D eigenvalue weighted by Crippen LogP contribution is 2.48. The van der Waals surface area contributed by atoms with Gasteiger partial charge in [0.1, 0.15) is 29.9 Å². The van der Waals surface area contributed by atoms with Crippen molar-refractivity contribution in [3.63, 3.8) is 0 Å². The molecular formula is C22H27N3O7S2. The first-order valence-electron chi connectivity index (χ1n) is 10.9. The normalized spacial score (nSPS) is 33.3. The Morgan fingerprint density at radius 1 is 0.794 bits per heavy atom. The highest BCUT2D eigenvalue weighted by molar-refractivity contribution is 7.89. The molecule has 5 atom stereocenters. The number of hydrogen-bond donors (Lipinski definition) is 2. The van der Waals surface area contributed by atoms with Gasteiger partial charge in [0.15, 0.2) is 0 Å². The first-order chi connectivity index (χ1) is 16.0. The number of hydrogen-bond acceptors (Lipinski definition) is 8. The van der Waals surface area contributed by atoms with Crippen molar-refractivity contribution in [2.24, 2.45) is 0 Å². The summed E-state index contributed by atoms with van der Waals surface area (Å²) in [4.78, 5) is 2.23. The Hall–Kier alpha value is -1.90. The number of sulfonamides is 2. The van der Waals surface area contributed by atoms with E-state index in [9.17, 15) is 16.8 Å². The average Bonchev–Trinajstić information content (AvgIpc) is 3.46. The monoisotopic (exact) mass is 509 g/mol. The average molecular weight is 510 g/mol. The summed E-state index contributed by atoms with van der Waals surface area (Å²) >= 11 is 0. The van der Waals surface area contributed by atoms with E-state index in [0.29, 0.717) is 0 Å².